The lowest BCUT2D eigenvalue weighted by atomic mass is 9.98. The summed E-state index contributed by atoms with van der Waals surface area (Å²) in [5.74, 6) is -0.858. The monoisotopic (exact) mass is 244 g/mol. The number of rotatable bonds is 3. The SMILES string of the molecule is Cc1ccccc1-c1c(CC(=O)O)nn(C)c1C. The van der Waals surface area contributed by atoms with Gasteiger partial charge in [-0.05, 0) is 25.0 Å². The Morgan fingerprint density at radius 2 is 2.00 bits per heavy atom. The van der Waals surface area contributed by atoms with E-state index in [9.17, 15) is 4.79 Å². The van der Waals surface area contributed by atoms with Crippen LogP contribution in [0, 0.1) is 13.8 Å². The fourth-order valence-electron chi connectivity index (χ4n) is 2.15. The second-order valence-electron chi connectivity index (χ2n) is 4.42. The molecule has 0 aliphatic heterocycles. The number of nitrogens with zero attached hydrogens (tertiary/aromatic N) is 2. The third-order valence-corrected chi connectivity index (χ3v) is 3.14. The van der Waals surface area contributed by atoms with Crippen molar-refractivity contribution in [1.29, 1.82) is 0 Å². The second-order valence-corrected chi connectivity index (χ2v) is 4.42. The standard InChI is InChI=1S/C14H16N2O2/c1-9-6-4-5-7-11(9)14-10(2)16(3)15-12(14)8-13(17)18/h4-7H,8H2,1-3H3,(H,17,18). The molecule has 4 heteroatoms. The van der Waals surface area contributed by atoms with Gasteiger partial charge in [-0.3, -0.25) is 9.48 Å². The average molecular weight is 244 g/mol. The number of carbonyl (C=O) groups is 1. The van der Waals surface area contributed by atoms with Crippen molar-refractivity contribution in [1.82, 2.24) is 9.78 Å². The van der Waals surface area contributed by atoms with Gasteiger partial charge < -0.3 is 5.11 Å². The molecule has 0 fully saturated rings. The molecule has 0 saturated carbocycles. The lowest BCUT2D eigenvalue weighted by molar-refractivity contribution is -0.136. The number of hydrogen-bond acceptors (Lipinski definition) is 2. The van der Waals surface area contributed by atoms with Crippen LogP contribution in [-0.4, -0.2) is 20.9 Å². The molecule has 2 aromatic rings. The van der Waals surface area contributed by atoms with E-state index in [1.807, 2.05) is 45.2 Å². The number of aryl methyl sites for hydroxylation is 2. The van der Waals surface area contributed by atoms with Crippen LogP contribution in [0.25, 0.3) is 11.1 Å². The summed E-state index contributed by atoms with van der Waals surface area (Å²) in [5.41, 5.74) is 4.73. The first-order chi connectivity index (χ1) is 8.50. The van der Waals surface area contributed by atoms with Gasteiger partial charge in [0.15, 0.2) is 0 Å². The summed E-state index contributed by atoms with van der Waals surface area (Å²) in [7, 11) is 1.84. The Morgan fingerprint density at radius 3 is 2.61 bits per heavy atom. The highest BCUT2D eigenvalue weighted by molar-refractivity contribution is 5.78. The van der Waals surface area contributed by atoms with Gasteiger partial charge in [-0.1, -0.05) is 24.3 Å². The van der Waals surface area contributed by atoms with E-state index in [0.29, 0.717) is 5.69 Å². The molecule has 1 heterocycles. The molecule has 0 bridgehead atoms. The van der Waals surface area contributed by atoms with Gasteiger partial charge in [-0.15, -0.1) is 0 Å². The van der Waals surface area contributed by atoms with Gasteiger partial charge in [0.2, 0.25) is 0 Å². The van der Waals surface area contributed by atoms with Crippen molar-refractivity contribution in [2.75, 3.05) is 0 Å². The van der Waals surface area contributed by atoms with Crippen molar-refractivity contribution in [3.05, 3.63) is 41.2 Å². The second kappa shape index (κ2) is 4.64. The van der Waals surface area contributed by atoms with E-state index < -0.39 is 5.97 Å². The first-order valence-electron chi connectivity index (χ1n) is 5.81. The molecule has 0 atom stereocenters. The zero-order valence-corrected chi connectivity index (χ0v) is 10.8. The molecule has 0 aliphatic carbocycles. The molecule has 1 N–H and O–H groups in total. The zero-order valence-electron chi connectivity index (χ0n) is 10.8. The van der Waals surface area contributed by atoms with E-state index in [-0.39, 0.29) is 6.42 Å². The van der Waals surface area contributed by atoms with Gasteiger partial charge in [-0.25, -0.2) is 0 Å². The van der Waals surface area contributed by atoms with Crippen LogP contribution in [-0.2, 0) is 18.3 Å². The first-order valence-corrected chi connectivity index (χ1v) is 5.81. The molecular formula is C14H16N2O2. The highest BCUT2D eigenvalue weighted by Gasteiger charge is 2.18. The molecule has 0 amide bonds. The minimum atomic E-state index is -0.858. The molecule has 1 aromatic heterocycles. The molecule has 2 rings (SSSR count). The maximum absolute atomic E-state index is 10.9. The third kappa shape index (κ3) is 2.14. The summed E-state index contributed by atoms with van der Waals surface area (Å²) in [5, 5.41) is 13.3. The van der Waals surface area contributed by atoms with E-state index in [2.05, 4.69) is 5.10 Å². The molecular weight excluding hydrogens is 228 g/mol. The summed E-state index contributed by atoms with van der Waals surface area (Å²) >= 11 is 0. The van der Waals surface area contributed by atoms with Gasteiger partial charge in [0.1, 0.15) is 0 Å². The number of aromatic nitrogens is 2. The predicted octanol–water partition coefficient (Wildman–Crippen LogP) is 2.33. The van der Waals surface area contributed by atoms with Crippen LogP contribution in [0.4, 0.5) is 0 Å². The lowest BCUT2D eigenvalue weighted by Gasteiger charge is -2.06. The van der Waals surface area contributed by atoms with Crippen LogP contribution < -0.4 is 0 Å². The number of carboxylic acid groups (broad SMARTS) is 1. The normalized spacial score (nSPS) is 10.6. The van der Waals surface area contributed by atoms with E-state index in [1.54, 1.807) is 4.68 Å². The van der Waals surface area contributed by atoms with Crippen molar-refractivity contribution < 1.29 is 9.90 Å². The molecule has 0 radical (unpaired) electrons. The van der Waals surface area contributed by atoms with E-state index in [1.165, 1.54) is 0 Å². The molecule has 94 valence electrons. The Kier molecular flexibility index (Phi) is 3.19. The number of carboxylic acids is 1. The lowest BCUT2D eigenvalue weighted by Crippen LogP contribution is -2.02. The van der Waals surface area contributed by atoms with Crippen molar-refractivity contribution >= 4 is 5.97 Å². The van der Waals surface area contributed by atoms with E-state index in [4.69, 9.17) is 5.11 Å². The molecule has 0 spiro atoms. The Balaban J connectivity index is 2.62. The molecule has 0 saturated heterocycles. The van der Waals surface area contributed by atoms with Gasteiger partial charge in [0.25, 0.3) is 0 Å². The van der Waals surface area contributed by atoms with Crippen LogP contribution >= 0.6 is 0 Å². The Labute approximate surface area is 106 Å². The maximum Gasteiger partial charge on any atom is 0.309 e. The number of hydrogen-bond donors (Lipinski definition) is 1. The highest BCUT2D eigenvalue weighted by atomic mass is 16.4. The summed E-state index contributed by atoms with van der Waals surface area (Å²) in [4.78, 5) is 10.9. The largest absolute Gasteiger partial charge is 0.481 e. The minimum absolute atomic E-state index is 0.0503. The van der Waals surface area contributed by atoms with E-state index >= 15 is 0 Å². The predicted molar refractivity (Wildman–Crippen MR) is 69.5 cm³/mol. The van der Waals surface area contributed by atoms with Gasteiger partial charge in [0, 0.05) is 18.3 Å². The molecule has 18 heavy (non-hydrogen) atoms. The van der Waals surface area contributed by atoms with Crippen LogP contribution in [0.3, 0.4) is 0 Å². The van der Waals surface area contributed by atoms with Crippen LogP contribution in [0.2, 0.25) is 0 Å². The Morgan fingerprint density at radius 1 is 1.33 bits per heavy atom. The Hall–Kier alpha value is -2.10. The van der Waals surface area contributed by atoms with Crippen LogP contribution in [0.15, 0.2) is 24.3 Å². The zero-order chi connectivity index (χ0) is 13.3. The summed E-state index contributed by atoms with van der Waals surface area (Å²) in [6.07, 6.45) is -0.0503. The van der Waals surface area contributed by atoms with Crippen molar-refractivity contribution in [2.45, 2.75) is 20.3 Å². The van der Waals surface area contributed by atoms with Crippen molar-refractivity contribution in [3.8, 4) is 11.1 Å². The van der Waals surface area contributed by atoms with Crippen molar-refractivity contribution in [3.63, 3.8) is 0 Å². The maximum atomic E-state index is 10.9. The molecule has 4 nitrogen and oxygen atoms in total. The van der Waals surface area contributed by atoms with Crippen LogP contribution in [0.5, 0.6) is 0 Å². The summed E-state index contributed by atoms with van der Waals surface area (Å²) < 4.78 is 1.74. The average Bonchev–Trinajstić information content (AvgIpc) is 2.55. The van der Waals surface area contributed by atoms with Gasteiger partial charge >= 0.3 is 5.97 Å². The third-order valence-electron chi connectivity index (χ3n) is 3.14. The Bertz CT molecular complexity index is 600. The summed E-state index contributed by atoms with van der Waals surface area (Å²) in [6, 6.07) is 7.96. The first kappa shape index (κ1) is 12.4. The summed E-state index contributed by atoms with van der Waals surface area (Å²) in [6.45, 7) is 3.98. The molecule has 1 aromatic carbocycles. The molecule has 0 aliphatic rings. The van der Waals surface area contributed by atoms with Crippen LogP contribution in [0.1, 0.15) is 17.0 Å². The quantitative estimate of drug-likeness (QED) is 0.901. The number of aliphatic carboxylic acids is 1. The molecule has 0 unspecified atom stereocenters. The fourth-order valence-corrected chi connectivity index (χ4v) is 2.15. The van der Waals surface area contributed by atoms with Gasteiger partial charge in [0.05, 0.1) is 12.1 Å². The minimum Gasteiger partial charge on any atom is -0.481 e. The smallest absolute Gasteiger partial charge is 0.309 e. The highest BCUT2D eigenvalue weighted by Crippen LogP contribution is 2.29. The fraction of sp³-hybridized carbons (Fsp3) is 0.286. The topological polar surface area (TPSA) is 55.1 Å². The van der Waals surface area contributed by atoms with Crippen molar-refractivity contribution in [2.24, 2.45) is 7.05 Å². The number of benzene rings is 1. The van der Waals surface area contributed by atoms with E-state index in [0.717, 1.165) is 22.4 Å². The van der Waals surface area contributed by atoms with Gasteiger partial charge in [-0.2, -0.15) is 5.10 Å².